The van der Waals surface area contributed by atoms with Crippen LogP contribution in [0.15, 0.2) is 78.9 Å². The summed E-state index contributed by atoms with van der Waals surface area (Å²) in [4.78, 5) is 43.6. The van der Waals surface area contributed by atoms with Gasteiger partial charge in [-0.3, -0.25) is 24.2 Å². The number of pyridine rings is 1. The summed E-state index contributed by atoms with van der Waals surface area (Å²) in [5.74, 6) is -3.53. The Balaban J connectivity index is 1.46. The highest BCUT2D eigenvalue weighted by Crippen LogP contribution is 2.29. The quantitative estimate of drug-likeness (QED) is 0.188. The van der Waals surface area contributed by atoms with Crippen molar-refractivity contribution in [3.05, 3.63) is 96.3 Å². The van der Waals surface area contributed by atoms with Crippen LogP contribution in [0.2, 0.25) is 0 Å². The van der Waals surface area contributed by atoms with Gasteiger partial charge in [0, 0.05) is 66.7 Å². The molecule has 2 aromatic heterocycles. The van der Waals surface area contributed by atoms with Crippen LogP contribution in [0.25, 0.3) is 11.3 Å². The van der Waals surface area contributed by atoms with Crippen molar-refractivity contribution in [2.45, 2.75) is 26.8 Å². The molecule has 0 aliphatic carbocycles. The molecule has 4 amide bonds. The Hall–Kier alpha value is -5.46. The van der Waals surface area contributed by atoms with Crippen molar-refractivity contribution in [1.29, 1.82) is 0 Å². The maximum atomic E-state index is 14.9. The number of aromatic nitrogens is 3. The summed E-state index contributed by atoms with van der Waals surface area (Å²) in [6.07, 6.45) is 6.31. The monoisotopic (exact) mass is 592 g/mol. The summed E-state index contributed by atoms with van der Waals surface area (Å²) in [6.45, 7) is 4.67. The fraction of sp³-hybridized carbons (Fsp3) is 0.167. The number of aryl methyl sites for hydroxylation is 1. The molecular formula is C30H27F3N6O4. The van der Waals surface area contributed by atoms with E-state index in [1.54, 1.807) is 50.1 Å². The molecule has 4 aromatic rings. The minimum atomic E-state index is -1.24. The van der Waals surface area contributed by atoms with Gasteiger partial charge in [0.05, 0.1) is 17.6 Å². The highest BCUT2D eigenvalue weighted by Gasteiger charge is 2.25. The summed E-state index contributed by atoms with van der Waals surface area (Å²) < 4.78 is 49.3. The lowest BCUT2D eigenvalue weighted by atomic mass is 10.2. The second-order valence-corrected chi connectivity index (χ2v) is 9.65. The maximum Gasteiger partial charge on any atom is 0.335 e. The molecule has 13 heteroatoms. The second-order valence-electron chi connectivity index (χ2n) is 9.65. The summed E-state index contributed by atoms with van der Waals surface area (Å²) in [7, 11) is 1.78. The SMILES string of the molecule is C/C(=C\N(C(=O)N(C=O)c1ccc(F)c(F)c1)C(C)C)C(=O)Nc1ccc(Oc2ccnc(-c3cnn(C)c3)c2)c(F)c1. The fourth-order valence-electron chi connectivity index (χ4n) is 3.87. The van der Waals surface area contributed by atoms with E-state index in [2.05, 4.69) is 15.4 Å². The molecule has 43 heavy (non-hydrogen) atoms. The van der Waals surface area contributed by atoms with Gasteiger partial charge in [0.1, 0.15) is 5.75 Å². The number of hydrogen-bond donors (Lipinski definition) is 1. The zero-order valence-corrected chi connectivity index (χ0v) is 23.6. The largest absolute Gasteiger partial charge is 0.454 e. The summed E-state index contributed by atoms with van der Waals surface area (Å²) in [5, 5.41) is 6.65. The standard InChI is InChI=1S/C30H27F3N6O4/c1-18(2)38(30(42)39(17-40)22-6-7-24(31)25(32)12-22)15-19(3)29(41)36-21-5-8-28(26(33)11-21)43-23-9-10-34-27(13-23)20-14-35-37(4)16-20/h5-18H,1-4H3,(H,36,41)/b19-15+. The first-order chi connectivity index (χ1) is 20.5. The van der Waals surface area contributed by atoms with Gasteiger partial charge in [-0.2, -0.15) is 5.10 Å². The van der Waals surface area contributed by atoms with E-state index in [0.717, 1.165) is 28.7 Å². The normalized spacial score (nSPS) is 11.3. The van der Waals surface area contributed by atoms with Crippen LogP contribution < -0.4 is 15.0 Å². The number of anilines is 2. The van der Waals surface area contributed by atoms with Crippen LogP contribution in [0.3, 0.4) is 0 Å². The number of imide groups is 1. The van der Waals surface area contributed by atoms with Crippen molar-refractivity contribution in [3.63, 3.8) is 0 Å². The minimum Gasteiger partial charge on any atom is -0.454 e. The summed E-state index contributed by atoms with van der Waals surface area (Å²) in [6, 6.07) is 8.20. The third-order valence-corrected chi connectivity index (χ3v) is 6.11. The van der Waals surface area contributed by atoms with Crippen molar-refractivity contribution in [2.24, 2.45) is 7.05 Å². The first-order valence-corrected chi connectivity index (χ1v) is 12.9. The molecule has 0 spiro atoms. The van der Waals surface area contributed by atoms with E-state index < -0.39 is 35.4 Å². The van der Waals surface area contributed by atoms with Gasteiger partial charge >= 0.3 is 6.03 Å². The van der Waals surface area contributed by atoms with E-state index in [9.17, 15) is 27.6 Å². The Morgan fingerprint density at radius 3 is 2.42 bits per heavy atom. The van der Waals surface area contributed by atoms with E-state index in [4.69, 9.17) is 4.74 Å². The Morgan fingerprint density at radius 1 is 1.02 bits per heavy atom. The molecular weight excluding hydrogens is 565 g/mol. The van der Waals surface area contributed by atoms with Gasteiger partial charge in [0.25, 0.3) is 5.91 Å². The number of carbonyl (C=O) groups excluding carboxylic acids is 3. The molecule has 10 nitrogen and oxygen atoms in total. The average molecular weight is 593 g/mol. The van der Waals surface area contributed by atoms with Crippen LogP contribution >= 0.6 is 0 Å². The van der Waals surface area contributed by atoms with Gasteiger partial charge in [-0.1, -0.05) is 0 Å². The number of nitrogens with zero attached hydrogens (tertiary/aromatic N) is 5. The third kappa shape index (κ3) is 7.25. The molecule has 1 N–H and O–H groups in total. The fourth-order valence-corrected chi connectivity index (χ4v) is 3.87. The van der Waals surface area contributed by atoms with Gasteiger partial charge in [0.2, 0.25) is 6.41 Å². The molecule has 2 aromatic carbocycles. The molecule has 0 aliphatic rings. The van der Waals surface area contributed by atoms with Crippen molar-refractivity contribution in [2.75, 3.05) is 10.2 Å². The van der Waals surface area contributed by atoms with Gasteiger partial charge in [-0.05, 0) is 51.1 Å². The number of urea groups is 1. The lowest BCUT2D eigenvalue weighted by Crippen LogP contribution is -2.43. The lowest BCUT2D eigenvalue weighted by molar-refractivity contribution is -0.112. The van der Waals surface area contributed by atoms with E-state index in [-0.39, 0.29) is 29.1 Å². The number of hydrogen-bond acceptors (Lipinski definition) is 6. The lowest BCUT2D eigenvalue weighted by Gasteiger charge is -2.28. The topological polar surface area (TPSA) is 110 Å². The first-order valence-electron chi connectivity index (χ1n) is 12.9. The summed E-state index contributed by atoms with van der Waals surface area (Å²) in [5.41, 5.74) is 1.31. The van der Waals surface area contributed by atoms with Gasteiger partial charge in [-0.15, -0.1) is 0 Å². The molecule has 222 valence electrons. The summed E-state index contributed by atoms with van der Waals surface area (Å²) >= 11 is 0. The Bertz CT molecular complexity index is 1700. The van der Waals surface area contributed by atoms with E-state index >= 15 is 0 Å². The highest BCUT2D eigenvalue weighted by atomic mass is 19.2. The molecule has 0 fully saturated rings. The van der Waals surface area contributed by atoms with Crippen molar-refractivity contribution >= 4 is 29.7 Å². The Kier molecular flexibility index (Phi) is 9.23. The van der Waals surface area contributed by atoms with Gasteiger partial charge in [-0.25, -0.2) is 22.9 Å². The van der Waals surface area contributed by atoms with Gasteiger partial charge in [0.15, 0.2) is 23.2 Å². The molecule has 0 aliphatic heterocycles. The van der Waals surface area contributed by atoms with Crippen LogP contribution in [0.1, 0.15) is 20.8 Å². The maximum absolute atomic E-state index is 14.9. The zero-order chi connectivity index (χ0) is 31.3. The number of ether oxygens (including phenoxy) is 1. The van der Waals surface area contributed by atoms with Crippen LogP contribution in [0.4, 0.5) is 29.3 Å². The van der Waals surface area contributed by atoms with E-state index in [0.29, 0.717) is 22.4 Å². The van der Waals surface area contributed by atoms with E-state index in [1.165, 1.54) is 31.5 Å². The average Bonchev–Trinajstić information content (AvgIpc) is 3.41. The van der Waals surface area contributed by atoms with Crippen LogP contribution in [0.5, 0.6) is 11.5 Å². The molecule has 0 atom stereocenters. The number of amides is 4. The predicted molar refractivity (Wildman–Crippen MR) is 153 cm³/mol. The number of carbonyl (C=O) groups is 3. The molecule has 0 bridgehead atoms. The molecule has 0 unspecified atom stereocenters. The smallest absolute Gasteiger partial charge is 0.335 e. The second kappa shape index (κ2) is 13.0. The Labute approximate surface area is 245 Å². The number of benzene rings is 2. The predicted octanol–water partition coefficient (Wildman–Crippen LogP) is 6.03. The number of nitrogens with one attached hydrogen (secondary N) is 1. The number of halogens is 3. The molecule has 0 saturated heterocycles. The van der Waals surface area contributed by atoms with Crippen LogP contribution in [0, 0.1) is 17.5 Å². The molecule has 0 saturated carbocycles. The highest BCUT2D eigenvalue weighted by molar-refractivity contribution is 6.07. The molecule has 2 heterocycles. The van der Waals surface area contributed by atoms with Crippen LogP contribution in [-0.4, -0.2) is 44.1 Å². The first kappa shape index (κ1) is 30.5. The third-order valence-electron chi connectivity index (χ3n) is 6.11. The zero-order valence-electron chi connectivity index (χ0n) is 23.6. The van der Waals surface area contributed by atoms with Crippen molar-refractivity contribution in [1.82, 2.24) is 19.7 Å². The van der Waals surface area contributed by atoms with Gasteiger partial charge < -0.3 is 10.1 Å². The molecule has 0 radical (unpaired) electrons. The minimum absolute atomic E-state index is 0.0404. The van der Waals surface area contributed by atoms with Crippen molar-refractivity contribution in [3.8, 4) is 22.8 Å². The van der Waals surface area contributed by atoms with Crippen LogP contribution in [-0.2, 0) is 16.6 Å². The molecule has 4 rings (SSSR count). The van der Waals surface area contributed by atoms with Crippen molar-refractivity contribution < 1.29 is 32.3 Å². The Morgan fingerprint density at radius 2 is 1.79 bits per heavy atom. The number of rotatable bonds is 9. The van der Waals surface area contributed by atoms with E-state index in [1.807, 2.05) is 0 Å².